The second-order valence-electron chi connectivity index (χ2n) is 11.4. The molecule has 6 nitrogen and oxygen atoms in total. The van der Waals surface area contributed by atoms with Gasteiger partial charge in [0.05, 0.1) is 6.61 Å². The summed E-state index contributed by atoms with van der Waals surface area (Å²) in [7, 11) is -7.66. The second-order valence-corrected chi connectivity index (χ2v) is 29.3. The van der Waals surface area contributed by atoms with Crippen molar-refractivity contribution in [1.82, 2.24) is 0 Å². The van der Waals surface area contributed by atoms with Crippen LogP contribution in [0, 0.1) is 0 Å². The molecule has 0 aliphatic carbocycles. The fourth-order valence-electron chi connectivity index (χ4n) is 2.85. The minimum absolute atomic E-state index is 0.335. The quantitative estimate of drug-likeness (QED) is 0.370. The summed E-state index contributed by atoms with van der Waals surface area (Å²) in [6.07, 6.45) is -2.08. The van der Waals surface area contributed by atoms with E-state index in [2.05, 4.69) is 78.6 Å². The molecular formula is C18H42O6Si4. The van der Waals surface area contributed by atoms with Crippen molar-refractivity contribution in [1.29, 1.82) is 0 Å². The molecule has 166 valence electrons. The number of hydrogen-bond acceptors (Lipinski definition) is 6. The fraction of sp³-hybridized carbons (Fsp3) is 0.944. The van der Waals surface area contributed by atoms with Crippen molar-refractivity contribution < 1.29 is 27.2 Å². The van der Waals surface area contributed by atoms with Crippen LogP contribution in [-0.4, -0.2) is 70.3 Å². The van der Waals surface area contributed by atoms with E-state index in [0.29, 0.717) is 6.61 Å². The van der Waals surface area contributed by atoms with E-state index >= 15 is 0 Å². The summed E-state index contributed by atoms with van der Waals surface area (Å²) in [4.78, 5) is 12.9. The Bertz CT molecular complexity index is 530. The van der Waals surface area contributed by atoms with Crippen LogP contribution >= 0.6 is 0 Å². The molecule has 0 unspecified atom stereocenters. The summed E-state index contributed by atoms with van der Waals surface area (Å²) in [5, 5.41) is 0. The van der Waals surface area contributed by atoms with Crippen LogP contribution in [0.5, 0.6) is 0 Å². The molecule has 1 aliphatic rings. The van der Waals surface area contributed by atoms with Gasteiger partial charge >= 0.3 is 5.97 Å². The van der Waals surface area contributed by atoms with Gasteiger partial charge in [0, 0.05) is 0 Å². The predicted molar refractivity (Wildman–Crippen MR) is 124 cm³/mol. The van der Waals surface area contributed by atoms with Crippen LogP contribution in [0.4, 0.5) is 0 Å². The molecule has 1 fully saturated rings. The number of carbonyl (C=O) groups is 1. The summed E-state index contributed by atoms with van der Waals surface area (Å²) in [6, 6.07) is 0. The van der Waals surface area contributed by atoms with Gasteiger partial charge in [0.1, 0.15) is 12.2 Å². The van der Waals surface area contributed by atoms with Gasteiger partial charge < -0.3 is 22.4 Å². The Morgan fingerprint density at radius 1 is 0.679 bits per heavy atom. The molecule has 28 heavy (non-hydrogen) atoms. The minimum Gasteiger partial charge on any atom is -0.455 e. The third-order valence-electron chi connectivity index (χ3n) is 3.63. The van der Waals surface area contributed by atoms with E-state index in [4.69, 9.17) is 22.4 Å². The van der Waals surface area contributed by atoms with Gasteiger partial charge in [-0.25, -0.2) is 4.79 Å². The third kappa shape index (κ3) is 9.79. The molecule has 0 spiro atoms. The summed E-state index contributed by atoms with van der Waals surface area (Å²) in [5.74, 6) is -0.356. The molecule has 1 rings (SSSR count). The molecular weight excluding hydrogens is 425 g/mol. The molecule has 0 saturated carbocycles. The summed E-state index contributed by atoms with van der Waals surface area (Å²) in [5.41, 5.74) is 0. The number of hydrogen-bond donors (Lipinski definition) is 0. The molecule has 4 atom stereocenters. The van der Waals surface area contributed by atoms with Crippen LogP contribution in [0.25, 0.3) is 0 Å². The monoisotopic (exact) mass is 466 g/mol. The zero-order valence-electron chi connectivity index (χ0n) is 20.0. The lowest BCUT2D eigenvalue weighted by Crippen LogP contribution is -2.64. The fourth-order valence-corrected chi connectivity index (χ4v) is 6.68. The van der Waals surface area contributed by atoms with Crippen molar-refractivity contribution in [2.75, 3.05) is 6.61 Å². The van der Waals surface area contributed by atoms with Crippen molar-refractivity contribution in [2.24, 2.45) is 0 Å². The average Bonchev–Trinajstić information content (AvgIpc) is 2.39. The maximum Gasteiger partial charge on any atom is 0.337 e. The zero-order chi connectivity index (χ0) is 22.1. The van der Waals surface area contributed by atoms with Crippen LogP contribution in [0.2, 0.25) is 78.6 Å². The minimum atomic E-state index is -2.00. The van der Waals surface area contributed by atoms with Crippen LogP contribution in [0.15, 0.2) is 0 Å². The maximum atomic E-state index is 12.9. The van der Waals surface area contributed by atoms with Gasteiger partial charge in [0.25, 0.3) is 0 Å². The lowest BCUT2D eigenvalue weighted by Gasteiger charge is -2.47. The van der Waals surface area contributed by atoms with Crippen LogP contribution in [0.1, 0.15) is 0 Å². The van der Waals surface area contributed by atoms with E-state index in [1.54, 1.807) is 0 Å². The first kappa shape index (κ1) is 26.2. The van der Waals surface area contributed by atoms with Gasteiger partial charge in [-0.2, -0.15) is 0 Å². The third-order valence-corrected chi connectivity index (χ3v) is 7.58. The highest BCUT2D eigenvalue weighted by Crippen LogP contribution is 2.31. The summed E-state index contributed by atoms with van der Waals surface area (Å²) >= 11 is 0. The summed E-state index contributed by atoms with van der Waals surface area (Å²) in [6.45, 7) is 25.7. The van der Waals surface area contributed by atoms with Gasteiger partial charge in [-0.3, -0.25) is 0 Å². The highest BCUT2D eigenvalue weighted by Gasteiger charge is 2.52. The van der Waals surface area contributed by atoms with Crippen LogP contribution in [0.3, 0.4) is 0 Å². The summed E-state index contributed by atoms with van der Waals surface area (Å²) < 4.78 is 31.2. The zero-order valence-corrected chi connectivity index (χ0v) is 24.0. The number of cyclic esters (lactones) is 1. The highest BCUT2D eigenvalue weighted by atomic mass is 28.4. The lowest BCUT2D eigenvalue weighted by molar-refractivity contribution is -0.198. The van der Waals surface area contributed by atoms with Gasteiger partial charge in [-0.1, -0.05) is 0 Å². The standard InChI is InChI=1S/C18H42O6Si4/c1-25(2,3)20-13-14-15(22-26(4,5)6)16(23-27(7,8)9)17(18(19)21-14)24-28(10,11)12/h14-17H,13H2,1-12H3/t14-,15-,16-,17-/m1/s1. The molecule has 1 saturated heterocycles. The Kier molecular flexibility index (Phi) is 8.54. The Hall–Kier alpha value is 0.178. The first-order valence-corrected chi connectivity index (χ1v) is 23.8. The molecule has 0 radical (unpaired) electrons. The Morgan fingerprint density at radius 3 is 1.50 bits per heavy atom. The predicted octanol–water partition coefficient (Wildman–Crippen LogP) is 4.42. The molecule has 0 amide bonds. The van der Waals surface area contributed by atoms with E-state index in [1.807, 2.05) is 0 Å². The van der Waals surface area contributed by atoms with E-state index in [9.17, 15) is 4.79 Å². The smallest absolute Gasteiger partial charge is 0.337 e. The topological polar surface area (TPSA) is 63.2 Å². The molecule has 1 heterocycles. The first-order chi connectivity index (χ1) is 12.3. The van der Waals surface area contributed by atoms with Crippen molar-refractivity contribution in [2.45, 2.75) is 103 Å². The Balaban J connectivity index is 3.28. The molecule has 10 heteroatoms. The number of ether oxygens (including phenoxy) is 1. The van der Waals surface area contributed by atoms with Crippen molar-refractivity contribution >= 4 is 39.2 Å². The largest absolute Gasteiger partial charge is 0.455 e. The maximum absolute atomic E-state index is 12.9. The molecule has 1 aliphatic heterocycles. The Morgan fingerprint density at radius 2 is 1.11 bits per heavy atom. The molecule has 0 bridgehead atoms. The molecule has 0 N–H and O–H groups in total. The van der Waals surface area contributed by atoms with E-state index in [-0.39, 0.29) is 12.1 Å². The van der Waals surface area contributed by atoms with Crippen molar-refractivity contribution in [3.8, 4) is 0 Å². The average molecular weight is 467 g/mol. The van der Waals surface area contributed by atoms with Crippen LogP contribution < -0.4 is 0 Å². The number of rotatable bonds is 9. The van der Waals surface area contributed by atoms with Gasteiger partial charge in [0.2, 0.25) is 0 Å². The second kappa shape index (κ2) is 9.12. The first-order valence-electron chi connectivity index (χ1n) is 10.2. The van der Waals surface area contributed by atoms with Gasteiger partial charge in [-0.15, -0.1) is 0 Å². The molecule has 0 aromatic carbocycles. The van der Waals surface area contributed by atoms with Gasteiger partial charge in [-0.05, 0) is 78.6 Å². The lowest BCUT2D eigenvalue weighted by atomic mass is 10.0. The highest BCUT2D eigenvalue weighted by molar-refractivity contribution is 6.71. The SMILES string of the molecule is C[Si](C)(C)OC[C@H]1OC(=O)[C@H](O[Si](C)(C)C)[C@H](O[Si](C)(C)C)[C@@H]1O[Si](C)(C)C. The van der Waals surface area contributed by atoms with Crippen molar-refractivity contribution in [3.05, 3.63) is 0 Å². The van der Waals surface area contributed by atoms with Crippen LogP contribution in [-0.2, 0) is 27.2 Å². The molecule has 0 aromatic rings. The van der Waals surface area contributed by atoms with E-state index < -0.39 is 51.6 Å². The molecule has 0 aromatic heterocycles. The van der Waals surface area contributed by atoms with E-state index in [0.717, 1.165) is 0 Å². The van der Waals surface area contributed by atoms with E-state index in [1.165, 1.54) is 0 Å². The normalized spacial score (nSPS) is 27.6. The Labute approximate surface area is 176 Å². The van der Waals surface area contributed by atoms with Gasteiger partial charge in [0.15, 0.2) is 45.5 Å². The van der Waals surface area contributed by atoms with Crippen molar-refractivity contribution in [3.63, 3.8) is 0 Å². The number of carbonyl (C=O) groups excluding carboxylic acids is 1. The number of esters is 1.